The lowest BCUT2D eigenvalue weighted by molar-refractivity contribution is 0.953. The summed E-state index contributed by atoms with van der Waals surface area (Å²) in [5.41, 5.74) is 18.2. The number of hydrogen-bond donors (Lipinski definition) is 0. The van der Waals surface area contributed by atoms with Crippen LogP contribution in [-0.4, -0.2) is 39.0 Å². The van der Waals surface area contributed by atoms with Crippen LogP contribution in [0.4, 0.5) is 0 Å². The Morgan fingerprint density at radius 3 is 1.16 bits per heavy atom. The summed E-state index contributed by atoms with van der Waals surface area (Å²) >= 11 is 3.72. The van der Waals surface area contributed by atoms with E-state index in [1.807, 2.05) is 46.9 Å². The van der Waals surface area contributed by atoms with Crippen LogP contribution in [0.1, 0.15) is 16.9 Å². The largest absolute Gasteiger partial charge is 0.278 e. The van der Waals surface area contributed by atoms with Crippen LogP contribution >= 0.6 is 22.7 Å². The van der Waals surface area contributed by atoms with Gasteiger partial charge in [-0.15, -0.1) is 22.7 Å². The number of para-hydroxylation sites is 2. The summed E-state index contributed by atoms with van der Waals surface area (Å²) in [6.07, 6.45) is 6.76. The minimum absolute atomic E-state index is 0.573. The summed E-state index contributed by atoms with van der Waals surface area (Å²) in [6, 6.07) is 99.3. The maximum Gasteiger partial charge on any atom is 0.238 e. The molecule has 0 aliphatic heterocycles. The predicted molar refractivity (Wildman–Crippen MR) is 391 cm³/mol. The van der Waals surface area contributed by atoms with Crippen LogP contribution < -0.4 is 0 Å². The molecule has 0 fully saturated rings. The lowest BCUT2D eigenvalue weighted by atomic mass is 9.95. The highest BCUT2D eigenvalue weighted by Gasteiger charge is 2.24. The standard InChI is InChI=1S/C84H52N8S2/c1-3-17-51(18-4-1)52-33-39-56(40-34-52)81-86-82(90-84(89-81)92-72-30-12-8-26-64(72)68-48-70-66-28-10-14-32-76(66)94-78(70)50-74(68)92)58-43-37-54(38-44-58)60-22-16-24-62(46-60)61-23-15-21-59(45-61)53-35-41-57(42-36-53)80-85-79(55-19-5-2-6-20-55)87-83(88-80)91-71-29-11-7-25-63(71)67-47-69-65-27-9-13-31-75(65)93-77(69)49-73(67)91/h1-13,15-31,33-50H,14,32H2. The lowest BCUT2D eigenvalue weighted by Gasteiger charge is -2.12. The van der Waals surface area contributed by atoms with Gasteiger partial charge >= 0.3 is 0 Å². The minimum atomic E-state index is 0.573. The highest BCUT2D eigenvalue weighted by Crippen LogP contribution is 2.44. The number of fused-ring (bicyclic) bond motifs is 12. The molecule has 12 aromatic carbocycles. The summed E-state index contributed by atoms with van der Waals surface area (Å²) in [4.78, 5) is 33.1. The Hall–Kier alpha value is -11.8. The van der Waals surface area contributed by atoms with E-state index in [0.29, 0.717) is 35.2 Å². The molecule has 1 aliphatic carbocycles. The molecule has 0 radical (unpaired) electrons. The van der Waals surface area contributed by atoms with Gasteiger partial charge in [-0.25, -0.2) is 9.97 Å². The fourth-order valence-corrected chi connectivity index (χ4v) is 16.2. The Morgan fingerprint density at radius 2 is 0.638 bits per heavy atom. The lowest BCUT2D eigenvalue weighted by Crippen LogP contribution is -2.06. The van der Waals surface area contributed by atoms with Crippen molar-refractivity contribution >= 4 is 103 Å². The second kappa shape index (κ2) is 22.0. The first-order valence-corrected chi connectivity index (χ1v) is 33.3. The second-order valence-electron chi connectivity index (χ2n) is 24.1. The fraction of sp³-hybridized carbons (Fsp3) is 0.0238. The zero-order valence-corrected chi connectivity index (χ0v) is 52.2. The summed E-state index contributed by atoms with van der Waals surface area (Å²) in [6.45, 7) is 0. The Bertz CT molecular complexity index is 6080. The maximum absolute atomic E-state index is 5.37. The molecule has 8 nitrogen and oxygen atoms in total. The van der Waals surface area contributed by atoms with Crippen LogP contribution in [0.3, 0.4) is 0 Å². The van der Waals surface area contributed by atoms with Gasteiger partial charge in [0.15, 0.2) is 23.3 Å². The molecule has 19 rings (SSSR count). The van der Waals surface area contributed by atoms with Gasteiger partial charge in [0.05, 0.1) is 22.1 Å². The zero-order valence-electron chi connectivity index (χ0n) is 50.5. The van der Waals surface area contributed by atoms with Crippen LogP contribution in [0, 0.1) is 0 Å². The Morgan fingerprint density at radius 1 is 0.255 bits per heavy atom. The summed E-state index contributed by atoms with van der Waals surface area (Å²) in [5, 5.41) is 8.50. The Labute approximate surface area is 548 Å². The van der Waals surface area contributed by atoms with Gasteiger partial charge in [0.1, 0.15) is 0 Å². The first kappa shape index (κ1) is 54.0. The number of allylic oxidation sites excluding steroid dienone is 1. The van der Waals surface area contributed by atoms with Crippen LogP contribution in [0.15, 0.2) is 285 Å². The minimum Gasteiger partial charge on any atom is -0.278 e. The maximum atomic E-state index is 5.37. The average molecular weight is 1240 g/mol. The van der Waals surface area contributed by atoms with E-state index in [2.05, 4.69) is 276 Å². The highest BCUT2D eigenvalue weighted by atomic mass is 32.1. The normalized spacial score (nSPS) is 12.3. The molecule has 0 amide bonds. The predicted octanol–water partition coefficient (Wildman–Crippen LogP) is 22.1. The van der Waals surface area contributed by atoms with Gasteiger partial charge in [-0.3, -0.25) is 9.13 Å². The molecule has 0 saturated carbocycles. The van der Waals surface area contributed by atoms with Crippen molar-refractivity contribution in [1.82, 2.24) is 39.0 Å². The van der Waals surface area contributed by atoms with Gasteiger partial charge < -0.3 is 0 Å². The number of hydrogen-bond acceptors (Lipinski definition) is 8. The van der Waals surface area contributed by atoms with Crippen LogP contribution in [-0.2, 0) is 6.42 Å². The molecule has 440 valence electrons. The summed E-state index contributed by atoms with van der Waals surface area (Å²) < 4.78 is 8.22. The molecular weight excluding hydrogens is 1190 g/mol. The van der Waals surface area contributed by atoms with Crippen molar-refractivity contribution in [2.24, 2.45) is 0 Å². The first-order valence-electron chi connectivity index (χ1n) is 31.7. The van der Waals surface area contributed by atoms with Crippen molar-refractivity contribution < 1.29 is 0 Å². The molecule has 0 bridgehead atoms. The molecule has 18 aromatic rings. The van der Waals surface area contributed by atoms with Crippen molar-refractivity contribution in [3.63, 3.8) is 0 Å². The molecule has 94 heavy (non-hydrogen) atoms. The highest BCUT2D eigenvalue weighted by molar-refractivity contribution is 7.25. The third-order valence-corrected chi connectivity index (χ3v) is 20.9. The molecule has 1 aliphatic rings. The van der Waals surface area contributed by atoms with Crippen molar-refractivity contribution in [1.29, 1.82) is 0 Å². The van der Waals surface area contributed by atoms with E-state index in [4.69, 9.17) is 29.9 Å². The van der Waals surface area contributed by atoms with Crippen molar-refractivity contribution in [2.45, 2.75) is 12.8 Å². The SMILES string of the molecule is C1=Cc2c(sc3cc4c(cc23)c2ccccc2n4-c2nc(-c3ccc(-c4ccccc4)cc3)nc(-c3ccc(-c4cccc(-c5cccc(-c6ccc(-c7nc(-c8ccccc8)nc(-n8c9ccccc9c9cc%10c(cc98)sc8ccccc8%10)n7)cc6)c5)c4)cc3)n2)CC1. The van der Waals surface area contributed by atoms with Crippen molar-refractivity contribution in [2.75, 3.05) is 0 Å². The number of aryl methyl sites for hydroxylation is 1. The zero-order chi connectivity index (χ0) is 61.8. The molecular formula is C84H52N8S2. The van der Waals surface area contributed by atoms with E-state index in [1.54, 1.807) is 0 Å². The number of benzene rings is 12. The molecule has 0 saturated heterocycles. The molecule has 0 unspecified atom stereocenters. The third kappa shape index (κ3) is 9.17. The Kier molecular flexibility index (Phi) is 12.6. The van der Waals surface area contributed by atoms with E-state index in [-0.39, 0.29) is 0 Å². The molecule has 6 aromatic heterocycles. The second-order valence-corrected chi connectivity index (χ2v) is 26.3. The van der Waals surface area contributed by atoms with Gasteiger partial charge in [-0.05, 0) is 118 Å². The van der Waals surface area contributed by atoms with E-state index in [9.17, 15) is 0 Å². The van der Waals surface area contributed by atoms with Crippen LogP contribution in [0.2, 0.25) is 0 Å². The van der Waals surface area contributed by atoms with Gasteiger partial charge in [-0.2, -0.15) is 19.9 Å². The number of thiophene rings is 2. The number of rotatable bonds is 10. The van der Waals surface area contributed by atoms with E-state index >= 15 is 0 Å². The van der Waals surface area contributed by atoms with Gasteiger partial charge in [0, 0.05) is 78.9 Å². The monoisotopic (exact) mass is 1240 g/mol. The number of nitrogens with zero attached hydrogens (tertiary/aromatic N) is 8. The van der Waals surface area contributed by atoms with E-state index in [1.165, 1.54) is 46.1 Å². The smallest absolute Gasteiger partial charge is 0.238 e. The van der Waals surface area contributed by atoms with E-state index < -0.39 is 0 Å². The van der Waals surface area contributed by atoms with Gasteiger partial charge in [0.2, 0.25) is 11.9 Å². The average Bonchev–Trinajstić information content (AvgIpc) is 1.58. The fourth-order valence-electron chi connectivity index (χ4n) is 13.9. The Balaban J connectivity index is 0.649. The number of aromatic nitrogens is 8. The molecule has 10 heteroatoms. The van der Waals surface area contributed by atoms with Crippen LogP contribution in [0.25, 0.3) is 182 Å². The third-order valence-electron chi connectivity index (χ3n) is 18.5. The van der Waals surface area contributed by atoms with Gasteiger partial charge in [0.25, 0.3) is 0 Å². The topological polar surface area (TPSA) is 87.2 Å². The summed E-state index contributed by atoms with van der Waals surface area (Å²) in [7, 11) is 0. The molecule has 6 heterocycles. The van der Waals surface area contributed by atoms with E-state index in [0.717, 1.165) is 118 Å². The van der Waals surface area contributed by atoms with Crippen molar-refractivity contribution in [3.8, 4) is 102 Å². The molecule has 0 spiro atoms. The molecule has 0 atom stereocenters. The first-order chi connectivity index (χ1) is 46.5. The summed E-state index contributed by atoms with van der Waals surface area (Å²) in [5.74, 6) is 3.58. The van der Waals surface area contributed by atoms with Gasteiger partial charge in [-0.1, -0.05) is 237 Å². The quantitative estimate of drug-likeness (QED) is 0.136. The van der Waals surface area contributed by atoms with Crippen LogP contribution in [0.5, 0.6) is 0 Å². The van der Waals surface area contributed by atoms with Crippen molar-refractivity contribution in [3.05, 3.63) is 296 Å². The molecule has 0 N–H and O–H groups in total.